The van der Waals surface area contributed by atoms with Crippen LogP contribution in [0.25, 0.3) is 0 Å². The molecule has 0 unspecified atom stereocenters. The molecule has 0 bridgehead atoms. The fourth-order valence-corrected chi connectivity index (χ4v) is 3.36. The Kier molecular flexibility index (Phi) is 4.65. The van der Waals surface area contributed by atoms with Gasteiger partial charge in [-0.1, -0.05) is 37.3 Å². The van der Waals surface area contributed by atoms with E-state index in [1.54, 1.807) is 25.1 Å². The van der Waals surface area contributed by atoms with Crippen LogP contribution in [-0.4, -0.2) is 8.42 Å². The molecule has 0 atom stereocenters. The van der Waals surface area contributed by atoms with Gasteiger partial charge in [0.1, 0.15) is 0 Å². The van der Waals surface area contributed by atoms with Crippen molar-refractivity contribution in [2.24, 2.45) is 0 Å². The van der Waals surface area contributed by atoms with Gasteiger partial charge in [0, 0.05) is 12.2 Å². The van der Waals surface area contributed by atoms with Gasteiger partial charge in [0.25, 0.3) is 0 Å². The first kappa shape index (κ1) is 15.5. The Morgan fingerprint density at radius 2 is 1.67 bits per heavy atom. The molecule has 112 valence electrons. The topological polar surface area (TPSA) is 72.2 Å². The molecule has 0 radical (unpaired) electrons. The highest BCUT2D eigenvalue weighted by molar-refractivity contribution is 7.89. The van der Waals surface area contributed by atoms with E-state index in [2.05, 4.69) is 11.6 Å². The van der Waals surface area contributed by atoms with Crippen molar-refractivity contribution in [3.8, 4) is 0 Å². The van der Waals surface area contributed by atoms with Gasteiger partial charge in [0.05, 0.1) is 4.90 Å². The Labute approximate surface area is 126 Å². The third-order valence-corrected chi connectivity index (χ3v) is 5.06. The lowest BCUT2D eigenvalue weighted by atomic mass is 10.1. The lowest BCUT2D eigenvalue weighted by molar-refractivity contribution is 0.580. The van der Waals surface area contributed by atoms with Gasteiger partial charge in [0.15, 0.2) is 0 Å². The zero-order valence-electron chi connectivity index (χ0n) is 12.3. The second-order valence-electron chi connectivity index (χ2n) is 4.96. The summed E-state index contributed by atoms with van der Waals surface area (Å²) in [5, 5.41) is 0. The SMILES string of the molecule is CCc1ccc(CNS(=O)(=O)c2cccc(N)c2C)cc1. The highest BCUT2D eigenvalue weighted by Crippen LogP contribution is 2.20. The predicted molar refractivity (Wildman–Crippen MR) is 85.4 cm³/mol. The van der Waals surface area contributed by atoms with Gasteiger partial charge in [-0.25, -0.2) is 13.1 Å². The summed E-state index contributed by atoms with van der Waals surface area (Å²) in [4.78, 5) is 0.229. The molecule has 0 aliphatic carbocycles. The summed E-state index contributed by atoms with van der Waals surface area (Å²) in [6.07, 6.45) is 0.967. The fraction of sp³-hybridized carbons (Fsp3) is 0.250. The number of anilines is 1. The van der Waals surface area contributed by atoms with E-state index in [9.17, 15) is 8.42 Å². The molecule has 0 saturated carbocycles. The summed E-state index contributed by atoms with van der Waals surface area (Å²) >= 11 is 0. The van der Waals surface area contributed by atoms with Crippen LogP contribution in [0.2, 0.25) is 0 Å². The van der Waals surface area contributed by atoms with Gasteiger partial charge in [0.2, 0.25) is 10.0 Å². The molecule has 0 spiro atoms. The van der Waals surface area contributed by atoms with Gasteiger partial charge in [-0.2, -0.15) is 0 Å². The maximum Gasteiger partial charge on any atom is 0.241 e. The maximum atomic E-state index is 12.3. The molecule has 2 rings (SSSR count). The van der Waals surface area contributed by atoms with Crippen LogP contribution in [0, 0.1) is 6.92 Å². The third-order valence-electron chi connectivity index (χ3n) is 3.51. The molecule has 0 heterocycles. The van der Waals surface area contributed by atoms with Crippen molar-refractivity contribution in [1.29, 1.82) is 0 Å². The van der Waals surface area contributed by atoms with E-state index < -0.39 is 10.0 Å². The second kappa shape index (κ2) is 6.28. The van der Waals surface area contributed by atoms with Crippen molar-refractivity contribution in [3.05, 3.63) is 59.2 Å². The molecule has 2 aromatic carbocycles. The number of nitrogens with two attached hydrogens (primary N) is 1. The van der Waals surface area contributed by atoms with E-state index in [-0.39, 0.29) is 11.4 Å². The number of hydrogen-bond donors (Lipinski definition) is 2. The molecule has 21 heavy (non-hydrogen) atoms. The summed E-state index contributed by atoms with van der Waals surface area (Å²) in [6.45, 7) is 4.06. The van der Waals surface area contributed by atoms with Crippen molar-refractivity contribution in [1.82, 2.24) is 4.72 Å². The first-order valence-corrected chi connectivity index (χ1v) is 8.35. The van der Waals surface area contributed by atoms with Crippen LogP contribution in [-0.2, 0) is 23.0 Å². The molecule has 4 nitrogen and oxygen atoms in total. The summed E-state index contributed by atoms with van der Waals surface area (Å²) in [5.41, 5.74) is 8.97. The smallest absolute Gasteiger partial charge is 0.241 e. The number of rotatable bonds is 5. The average Bonchev–Trinajstić information content (AvgIpc) is 2.48. The van der Waals surface area contributed by atoms with Gasteiger partial charge < -0.3 is 5.73 Å². The quantitative estimate of drug-likeness (QED) is 0.834. The largest absolute Gasteiger partial charge is 0.398 e. The van der Waals surface area contributed by atoms with Gasteiger partial charge in [-0.05, 0) is 42.2 Å². The zero-order chi connectivity index (χ0) is 15.5. The van der Waals surface area contributed by atoms with Crippen LogP contribution in [0.15, 0.2) is 47.4 Å². The van der Waals surface area contributed by atoms with Crippen molar-refractivity contribution in [2.75, 3.05) is 5.73 Å². The zero-order valence-corrected chi connectivity index (χ0v) is 13.1. The highest BCUT2D eigenvalue weighted by Gasteiger charge is 2.17. The standard InChI is InChI=1S/C16H20N2O2S/c1-3-13-7-9-14(10-8-13)11-18-21(19,20)16-6-4-5-15(17)12(16)2/h4-10,18H,3,11,17H2,1-2H3. The first-order valence-electron chi connectivity index (χ1n) is 6.86. The molecule has 5 heteroatoms. The van der Waals surface area contributed by atoms with Gasteiger partial charge >= 0.3 is 0 Å². The van der Waals surface area contributed by atoms with E-state index >= 15 is 0 Å². The average molecular weight is 304 g/mol. The van der Waals surface area contributed by atoms with E-state index in [4.69, 9.17) is 5.73 Å². The highest BCUT2D eigenvalue weighted by atomic mass is 32.2. The fourth-order valence-electron chi connectivity index (χ4n) is 2.07. The van der Waals surface area contributed by atoms with E-state index in [0.717, 1.165) is 12.0 Å². The number of sulfonamides is 1. The molecule has 2 aromatic rings. The minimum absolute atomic E-state index is 0.229. The van der Waals surface area contributed by atoms with Gasteiger partial charge in [-0.3, -0.25) is 0 Å². The normalized spacial score (nSPS) is 11.5. The third kappa shape index (κ3) is 3.62. The lowest BCUT2D eigenvalue weighted by Gasteiger charge is -2.11. The number of nitrogen functional groups attached to an aromatic ring is 1. The Morgan fingerprint density at radius 3 is 2.29 bits per heavy atom. The van der Waals surface area contributed by atoms with Crippen LogP contribution in [0.3, 0.4) is 0 Å². The molecule has 3 N–H and O–H groups in total. The van der Waals surface area contributed by atoms with Crippen LogP contribution in [0.4, 0.5) is 5.69 Å². The summed E-state index contributed by atoms with van der Waals surface area (Å²) in [5.74, 6) is 0. The lowest BCUT2D eigenvalue weighted by Crippen LogP contribution is -2.24. The second-order valence-corrected chi connectivity index (χ2v) is 6.70. The van der Waals surface area contributed by atoms with Crippen LogP contribution in [0.5, 0.6) is 0 Å². The molecular formula is C16H20N2O2S. The summed E-state index contributed by atoms with van der Waals surface area (Å²) in [7, 11) is -3.56. The van der Waals surface area contributed by atoms with Crippen LogP contribution >= 0.6 is 0 Å². The van der Waals surface area contributed by atoms with Crippen molar-refractivity contribution in [2.45, 2.75) is 31.7 Å². The number of benzene rings is 2. The van der Waals surface area contributed by atoms with E-state index in [1.165, 1.54) is 5.56 Å². The van der Waals surface area contributed by atoms with Crippen molar-refractivity contribution >= 4 is 15.7 Å². The van der Waals surface area contributed by atoms with Gasteiger partial charge in [-0.15, -0.1) is 0 Å². The van der Waals surface area contributed by atoms with Crippen LogP contribution < -0.4 is 10.5 Å². The molecule has 0 amide bonds. The summed E-state index contributed by atoms with van der Waals surface area (Å²) < 4.78 is 27.3. The Bertz CT molecular complexity index is 722. The number of nitrogens with one attached hydrogen (secondary N) is 1. The maximum absolute atomic E-state index is 12.3. The first-order chi connectivity index (χ1) is 9.94. The molecule has 0 saturated heterocycles. The Morgan fingerprint density at radius 1 is 1.05 bits per heavy atom. The van der Waals surface area contributed by atoms with E-state index in [0.29, 0.717) is 11.3 Å². The van der Waals surface area contributed by atoms with E-state index in [1.807, 2.05) is 24.3 Å². The Balaban J connectivity index is 2.15. The molecule has 0 aromatic heterocycles. The minimum atomic E-state index is -3.56. The molecular weight excluding hydrogens is 284 g/mol. The van der Waals surface area contributed by atoms with Crippen molar-refractivity contribution in [3.63, 3.8) is 0 Å². The predicted octanol–water partition coefficient (Wildman–Crippen LogP) is 2.62. The number of aryl methyl sites for hydroxylation is 1. The number of hydrogen-bond acceptors (Lipinski definition) is 3. The van der Waals surface area contributed by atoms with Crippen molar-refractivity contribution < 1.29 is 8.42 Å². The molecule has 0 aliphatic heterocycles. The summed E-state index contributed by atoms with van der Waals surface area (Å²) in [6, 6.07) is 12.8. The molecule has 0 fully saturated rings. The van der Waals surface area contributed by atoms with Crippen LogP contribution in [0.1, 0.15) is 23.6 Å². The Hall–Kier alpha value is -1.85. The molecule has 0 aliphatic rings. The monoisotopic (exact) mass is 304 g/mol. The minimum Gasteiger partial charge on any atom is -0.398 e.